The Morgan fingerprint density at radius 1 is 0.373 bits per heavy atom. The molecule has 2 atom stereocenters. The molecule has 83 heavy (non-hydrogen) atoms. The number of ether oxygens (including phenoxy) is 4. The second-order valence-corrected chi connectivity index (χ2v) is 24.8. The molecule has 0 aliphatic rings. The summed E-state index contributed by atoms with van der Waals surface area (Å²) in [6, 6.07) is 0. The number of aliphatic carboxylic acids is 1. The average molecular weight is 1170 g/mol. The summed E-state index contributed by atoms with van der Waals surface area (Å²) in [6.45, 7) is 4.77. The zero-order chi connectivity index (χ0) is 60.5. The third-order valence-electron chi connectivity index (χ3n) is 15.4. The van der Waals surface area contributed by atoms with Crippen molar-refractivity contribution in [3.05, 3.63) is 72.9 Å². The minimum Gasteiger partial charge on any atom is -0.477 e. The summed E-state index contributed by atoms with van der Waals surface area (Å²) in [5.41, 5.74) is 0. The van der Waals surface area contributed by atoms with Gasteiger partial charge in [-0.2, -0.15) is 0 Å². The number of unbranched alkanes of at least 4 members (excludes halogenated alkanes) is 38. The third-order valence-corrected chi connectivity index (χ3v) is 15.4. The molecule has 0 aliphatic heterocycles. The van der Waals surface area contributed by atoms with E-state index < -0.39 is 24.3 Å². The molecular formula is C74H134NO8+. The zero-order valence-corrected chi connectivity index (χ0v) is 55.1. The van der Waals surface area contributed by atoms with E-state index in [1.54, 1.807) is 0 Å². The van der Waals surface area contributed by atoms with Crippen LogP contribution in [0.3, 0.4) is 0 Å². The van der Waals surface area contributed by atoms with Crippen LogP contribution in [0.4, 0.5) is 0 Å². The van der Waals surface area contributed by atoms with Crippen LogP contribution in [0.5, 0.6) is 0 Å². The summed E-state index contributed by atoms with van der Waals surface area (Å²) < 4.78 is 22.9. The average Bonchev–Trinajstić information content (AvgIpc) is 3.47. The molecule has 0 fully saturated rings. The molecule has 482 valence electrons. The number of carbonyl (C=O) groups is 3. The molecule has 0 bridgehead atoms. The first kappa shape index (κ1) is 79.7. The second kappa shape index (κ2) is 64.7. The normalized spacial score (nSPS) is 13.1. The first-order valence-corrected chi connectivity index (χ1v) is 35.1. The Labute approximate surface area is 513 Å². The van der Waals surface area contributed by atoms with Crippen molar-refractivity contribution in [1.29, 1.82) is 0 Å². The van der Waals surface area contributed by atoms with Crippen molar-refractivity contribution in [1.82, 2.24) is 0 Å². The third kappa shape index (κ3) is 66.1. The van der Waals surface area contributed by atoms with Crippen LogP contribution in [0.15, 0.2) is 72.9 Å². The smallest absolute Gasteiger partial charge is 0.361 e. The highest BCUT2D eigenvalue weighted by atomic mass is 16.7. The summed E-state index contributed by atoms with van der Waals surface area (Å²) in [7, 11) is 5.97. The molecule has 0 spiro atoms. The van der Waals surface area contributed by atoms with E-state index in [0.717, 1.165) is 83.5 Å². The zero-order valence-electron chi connectivity index (χ0n) is 55.1. The molecule has 0 saturated heterocycles. The number of hydrogen-bond donors (Lipinski definition) is 1. The van der Waals surface area contributed by atoms with Crippen LogP contribution in [-0.2, 0) is 33.3 Å². The van der Waals surface area contributed by atoms with Gasteiger partial charge < -0.3 is 28.5 Å². The van der Waals surface area contributed by atoms with Crippen LogP contribution >= 0.6 is 0 Å². The van der Waals surface area contributed by atoms with Gasteiger partial charge in [-0.3, -0.25) is 9.59 Å². The number of quaternary nitrogens is 1. The van der Waals surface area contributed by atoms with Crippen LogP contribution in [0, 0.1) is 0 Å². The van der Waals surface area contributed by atoms with E-state index in [0.29, 0.717) is 17.4 Å². The molecule has 0 aromatic carbocycles. The Balaban J connectivity index is 3.95. The fourth-order valence-corrected chi connectivity index (χ4v) is 10.1. The van der Waals surface area contributed by atoms with Crippen LogP contribution in [-0.4, -0.2) is 87.4 Å². The minimum absolute atomic E-state index is 0.186. The van der Waals surface area contributed by atoms with Crippen LogP contribution < -0.4 is 0 Å². The number of carbonyl (C=O) groups excluding carboxylic acids is 2. The van der Waals surface area contributed by atoms with Crippen molar-refractivity contribution in [3.63, 3.8) is 0 Å². The molecule has 9 heteroatoms. The number of rotatable bonds is 65. The first-order valence-electron chi connectivity index (χ1n) is 35.1. The van der Waals surface area contributed by atoms with E-state index in [-0.39, 0.29) is 32.2 Å². The second-order valence-electron chi connectivity index (χ2n) is 24.8. The Bertz CT molecular complexity index is 1590. The van der Waals surface area contributed by atoms with Gasteiger partial charge in [-0.05, 0) is 83.5 Å². The summed E-state index contributed by atoms with van der Waals surface area (Å²) in [5, 5.41) is 9.73. The van der Waals surface area contributed by atoms with E-state index >= 15 is 0 Å². The molecule has 0 rings (SSSR count). The summed E-state index contributed by atoms with van der Waals surface area (Å²) in [4.78, 5) is 37.5. The molecule has 0 aromatic heterocycles. The van der Waals surface area contributed by atoms with E-state index in [4.69, 9.17) is 18.9 Å². The van der Waals surface area contributed by atoms with Gasteiger partial charge in [0.1, 0.15) is 13.2 Å². The van der Waals surface area contributed by atoms with E-state index in [2.05, 4.69) is 86.8 Å². The highest BCUT2D eigenvalue weighted by molar-refractivity contribution is 5.71. The lowest BCUT2D eigenvalue weighted by Crippen LogP contribution is -2.40. The van der Waals surface area contributed by atoms with Crippen molar-refractivity contribution in [3.8, 4) is 0 Å². The lowest BCUT2D eigenvalue weighted by atomic mass is 10.0. The van der Waals surface area contributed by atoms with E-state index in [9.17, 15) is 19.5 Å². The summed E-state index contributed by atoms with van der Waals surface area (Å²) >= 11 is 0. The Morgan fingerprint density at radius 2 is 0.687 bits per heavy atom. The van der Waals surface area contributed by atoms with Gasteiger partial charge in [0.25, 0.3) is 6.29 Å². The van der Waals surface area contributed by atoms with Gasteiger partial charge in [0.05, 0.1) is 34.4 Å². The maximum atomic E-state index is 12.9. The first-order chi connectivity index (χ1) is 40.6. The van der Waals surface area contributed by atoms with Gasteiger partial charge in [-0.25, -0.2) is 4.79 Å². The van der Waals surface area contributed by atoms with E-state index in [1.807, 2.05) is 21.1 Å². The molecule has 0 heterocycles. The Morgan fingerprint density at radius 3 is 1.02 bits per heavy atom. The lowest BCUT2D eigenvalue weighted by Gasteiger charge is -2.25. The standard InChI is InChI=1S/C74H133NO8/c1-6-8-10-12-14-16-18-20-22-24-25-26-27-28-29-30-31-32-33-34-35-36-37-38-39-40-41-42-43-44-45-46-47-49-51-53-55-57-59-61-63-65-72(77)83-70(69-82-74(73(78)79)80-67-66-75(3,4)5)68-81-71(76)64-62-60-58-56-54-52-50-48-23-21-19-17-15-13-11-9-7-2/h9,11,15,17-18,20-21,23-25,27-28,70,74H,6-8,10,12-14,16,19,22,26,29-69H2,1-5H3/p+1/b11-9-,17-15-,20-18-,23-21-,25-24-,28-27-. The molecule has 0 radical (unpaired) electrons. The van der Waals surface area contributed by atoms with Crippen molar-refractivity contribution >= 4 is 17.9 Å². The lowest BCUT2D eigenvalue weighted by molar-refractivity contribution is -0.870. The fourth-order valence-electron chi connectivity index (χ4n) is 10.1. The Hall–Kier alpha value is -3.27. The largest absolute Gasteiger partial charge is 0.477 e. The van der Waals surface area contributed by atoms with Gasteiger partial charge in [-0.1, -0.05) is 299 Å². The molecule has 2 unspecified atom stereocenters. The van der Waals surface area contributed by atoms with Gasteiger partial charge in [-0.15, -0.1) is 0 Å². The fraction of sp³-hybridized carbons (Fsp3) is 0.797. The number of likely N-dealkylation sites (N-methyl/N-ethyl adjacent to an activating group) is 1. The number of esters is 2. The summed E-state index contributed by atoms with van der Waals surface area (Å²) in [5.74, 6) is -2.00. The number of allylic oxidation sites excluding steroid dienone is 12. The molecule has 9 nitrogen and oxygen atoms in total. The maximum absolute atomic E-state index is 12.9. The predicted octanol–water partition coefficient (Wildman–Crippen LogP) is 21.7. The maximum Gasteiger partial charge on any atom is 0.361 e. The van der Waals surface area contributed by atoms with Crippen LogP contribution in [0.1, 0.15) is 322 Å². The number of nitrogens with zero attached hydrogens (tertiary/aromatic N) is 1. The predicted molar refractivity (Wildman–Crippen MR) is 355 cm³/mol. The van der Waals surface area contributed by atoms with Crippen LogP contribution in [0.2, 0.25) is 0 Å². The quantitative estimate of drug-likeness (QED) is 0.0211. The molecule has 0 aliphatic carbocycles. The molecule has 0 aromatic rings. The monoisotopic (exact) mass is 1170 g/mol. The Kier molecular flexibility index (Phi) is 62.2. The number of hydrogen-bond acceptors (Lipinski definition) is 7. The minimum atomic E-state index is -1.51. The van der Waals surface area contributed by atoms with Gasteiger partial charge >= 0.3 is 17.9 Å². The SMILES string of the molecule is CC/C=C\C/C=C\C/C=C\CCCCCCCCCC(=O)OCC(COC(OCC[N+](C)(C)C)C(=O)O)OC(=O)CCCCCCCCCCCCCCCCCCCCCCCCCCCC/C=C\C/C=C\C/C=C\CCCCCCC. The molecule has 0 amide bonds. The molecular weight excluding hydrogens is 1030 g/mol. The molecule has 0 saturated carbocycles. The highest BCUT2D eigenvalue weighted by Gasteiger charge is 2.25. The highest BCUT2D eigenvalue weighted by Crippen LogP contribution is 2.18. The summed E-state index contributed by atoms with van der Waals surface area (Å²) in [6.07, 6.45) is 83.2. The van der Waals surface area contributed by atoms with Crippen LogP contribution in [0.25, 0.3) is 0 Å². The van der Waals surface area contributed by atoms with Crippen molar-refractivity contribution in [2.24, 2.45) is 0 Å². The van der Waals surface area contributed by atoms with Gasteiger partial charge in [0.15, 0.2) is 6.10 Å². The van der Waals surface area contributed by atoms with Gasteiger partial charge in [0, 0.05) is 12.8 Å². The van der Waals surface area contributed by atoms with Crippen molar-refractivity contribution in [2.45, 2.75) is 334 Å². The number of carboxylic acid groups (broad SMARTS) is 1. The topological polar surface area (TPSA) is 108 Å². The van der Waals surface area contributed by atoms with Crippen molar-refractivity contribution < 1.29 is 42.9 Å². The number of carboxylic acids is 1. The van der Waals surface area contributed by atoms with E-state index in [1.165, 1.54) is 212 Å². The molecule has 1 N–H and O–H groups in total. The van der Waals surface area contributed by atoms with Crippen molar-refractivity contribution in [2.75, 3.05) is 47.5 Å². The van der Waals surface area contributed by atoms with Gasteiger partial charge in [0.2, 0.25) is 0 Å².